The number of ether oxygens (including phenoxy) is 1. The Labute approximate surface area is 184 Å². The topological polar surface area (TPSA) is 83.0 Å². The summed E-state index contributed by atoms with van der Waals surface area (Å²) in [5.74, 6) is 6.39. The van der Waals surface area contributed by atoms with Crippen molar-refractivity contribution in [3.05, 3.63) is 23.4 Å². The quantitative estimate of drug-likeness (QED) is 0.705. The summed E-state index contributed by atoms with van der Waals surface area (Å²) in [7, 11) is 1.80. The molecule has 2 aliphatic rings. The zero-order chi connectivity index (χ0) is 22.5. The van der Waals surface area contributed by atoms with Gasteiger partial charge >= 0.3 is 0 Å². The van der Waals surface area contributed by atoms with E-state index < -0.39 is 0 Å². The fourth-order valence-electron chi connectivity index (χ4n) is 3.68. The number of likely N-dealkylation sites (N-methyl/N-ethyl adjacent to an activating group) is 1. The first kappa shape index (κ1) is 23.1. The zero-order valence-corrected chi connectivity index (χ0v) is 18.9. The molecule has 1 saturated carbocycles. The van der Waals surface area contributed by atoms with Crippen molar-refractivity contribution in [2.45, 2.75) is 58.6 Å². The number of carbonyl (C=O) groups excluding carboxylic acids is 2. The fraction of sp³-hybridized carbons (Fsp3) is 0.625. The van der Waals surface area contributed by atoms with E-state index in [1.807, 2.05) is 13.8 Å². The smallest absolute Gasteiger partial charge is 0.259 e. The molecule has 0 aromatic carbocycles. The number of aliphatic hydroxyl groups excluding tert-OH is 1. The van der Waals surface area contributed by atoms with Gasteiger partial charge in [-0.1, -0.05) is 25.7 Å². The molecule has 3 rings (SSSR count). The van der Waals surface area contributed by atoms with Crippen molar-refractivity contribution in [1.82, 2.24) is 14.8 Å². The third-order valence-electron chi connectivity index (χ3n) is 5.89. The highest BCUT2D eigenvalue weighted by molar-refractivity contribution is 5.97. The minimum Gasteiger partial charge on any atom is -0.472 e. The second-order valence-corrected chi connectivity index (χ2v) is 8.74. The van der Waals surface area contributed by atoms with Gasteiger partial charge in [-0.25, -0.2) is 4.98 Å². The lowest BCUT2D eigenvalue weighted by atomic mass is 9.99. The summed E-state index contributed by atoms with van der Waals surface area (Å²) in [4.78, 5) is 33.6. The predicted molar refractivity (Wildman–Crippen MR) is 118 cm³/mol. The number of fused-ring (bicyclic) bond motifs is 1. The highest BCUT2D eigenvalue weighted by atomic mass is 16.5. The van der Waals surface area contributed by atoms with E-state index in [-0.39, 0.29) is 48.3 Å². The number of nitrogens with zero attached hydrogens (tertiary/aromatic N) is 3. The molecule has 0 unspecified atom stereocenters. The SMILES string of the molecule is CCCC#Cc1cnc2c(c1)C(=O)N([C@@H](C)CO)C[C@H](C)[C@H](CN(C)C(=O)C1CC1)O2. The van der Waals surface area contributed by atoms with Crippen molar-refractivity contribution >= 4 is 11.8 Å². The van der Waals surface area contributed by atoms with Crippen molar-refractivity contribution in [3.8, 4) is 17.7 Å². The standard InChI is InChI=1S/C24H33N3O4/c1-5-6-7-8-18-11-20-22(25-12-18)31-21(14-26(4)23(29)19-9-10-19)16(2)13-27(24(20)30)17(3)15-28/h11-12,16-17,19,21,28H,5-6,9-10,13-15H2,1-4H3/t16-,17-,21-/m0/s1. The molecule has 2 heterocycles. The molecule has 1 aliphatic carbocycles. The van der Waals surface area contributed by atoms with Crippen LogP contribution in [0.5, 0.6) is 5.88 Å². The van der Waals surface area contributed by atoms with E-state index in [9.17, 15) is 14.7 Å². The van der Waals surface area contributed by atoms with Crippen molar-refractivity contribution in [2.24, 2.45) is 11.8 Å². The van der Waals surface area contributed by atoms with Gasteiger partial charge < -0.3 is 19.6 Å². The van der Waals surface area contributed by atoms with Crippen molar-refractivity contribution < 1.29 is 19.4 Å². The average Bonchev–Trinajstić information content (AvgIpc) is 3.61. The van der Waals surface area contributed by atoms with Crippen LogP contribution >= 0.6 is 0 Å². The number of pyridine rings is 1. The van der Waals surface area contributed by atoms with Gasteiger partial charge in [0.1, 0.15) is 11.7 Å². The molecule has 0 bridgehead atoms. The van der Waals surface area contributed by atoms with Crippen molar-refractivity contribution in [1.29, 1.82) is 0 Å². The third-order valence-corrected chi connectivity index (χ3v) is 5.89. The number of hydrogen-bond donors (Lipinski definition) is 1. The van der Waals surface area contributed by atoms with Crippen molar-refractivity contribution in [2.75, 3.05) is 26.7 Å². The molecule has 31 heavy (non-hydrogen) atoms. The molecule has 1 N–H and O–H groups in total. The van der Waals surface area contributed by atoms with Gasteiger partial charge in [-0.05, 0) is 32.3 Å². The molecule has 2 amide bonds. The maximum absolute atomic E-state index is 13.3. The highest BCUT2D eigenvalue weighted by Gasteiger charge is 2.37. The van der Waals surface area contributed by atoms with Crippen LogP contribution < -0.4 is 4.74 Å². The molecule has 0 spiro atoms. The van der Waals surface area contributed by atoms with E-state index in [1.165, 1.54) is 0 Å². The molecule has 168 valence electrons. The fourth-order valence-corrected chi connectivity index (χ4v) is 3.68. The Kier molecular flexibility index (Phi) is 7.55. The molecule has 0 saturated heterocycles. The number of unbranched alkanes of at least 4 members (excludes halogenated alkanes) is 1. The summed E-state index contributed by atoms with van der Waals surface area (Å²) < 4.78 is 6.22. The van der Waals surface area contributed by atoms with E-state index in [1.54, 1.807) is 29.1 Å². The molecule has 7 heteroatoms. The van der Waals surface area contributed by atoms with Crippen LogP contribution in [0.3, 0.4) is 0 Å². The first-order valence-corrected chi connectivity index (χ1v) is 11.2. The molecule has 1 aromatic rings. The summed E-state index contributed by atoms with van der Waals surface area (Å²) in [6, 6.07) is 1.37. The van der Waals surface area contributed by atoms with Gasteiger partial charge in [0, 0.05) is 43.6 Å². The van der Waals surface area contributed by atoms with Crippen LogP contribution in [-0.2, 0) is 4.79 Å². The van der Waals surface area contributed by atoms with Gasteiger partial charge in [0.25, 0.3) is 5.91 Å². The van der Waals surface area contributed by atoms with Crippen molar-refractivity contribution in [3.63, 3.8) is 0 Å². The number of aliphatic hydroxyl groups is 1. The monoisotopic (exact) mass is 427 g/mol. The second-order valence-electron chi connectivity index (χ2n) is 8.74. The van der Waals surface area contributed by atoms with Gasteiger partial charge in [-0.2, -0.15) is 0 Å². The van der Waals surface area contributed by atoms with Gasteiger partial charge in [0.05, 0.1) is 19.2 Å². The van der Waals surface area contributed by atoms with Gasteiger partial charge in [-0.15, -0.1) is 0 Å². The van der Waals surface area contributed by atoms with Crippen LogP contribution in [0.1, 0.15) is 62.4 Å². The lowest BCUT2D eigenvalue weighted by molar-refractivity contribution is -0.132. The summed E-state index contributed by atoms with van der Waals surface area (Å²) in [5.41, 5.74) is 1.00. The van der Waals surface area contributed by atoms with E-state index in [0.29, 0.717) is 24.2 Å². The van der Waals surface area contributed by atoms with E-state index in [4.69, 9.17) is 4.74 Å². The summed E-state index contributed by atoms with van der Waals surface area (Å²) in [6.45, 7) is 6.59. The van der Waals surface area contributed by atoms with E-state index in [0.717, 1.165) is 25.7 Å². The summed E-state index contributed by atoms with van der Waals surface area (Å²) in [6.07, 6.45) is 4.94. The minimum absolute atomic E-state index is 0.0497. The maximum atomic E-state index is 13.3. The molecular weight excluding hydrogens is 394 g/mol. The Morgan fingerprint density at radius 2 is 2.19 bits per heavy atom. The lowest BCUT2D eigenvalue weighted by Crippen LogP contribution is -2.50. The minimum atomic E-state index is -0.345. The Morgan fingerprint density at radius 1 is 1.45 bits per heavy atom. The summed E-state index contributed by atoms with van der Waals surface area (Å²) in [5, 5.41) is 9.74. The predicted octanol–water partition coefficient (Wildman–Crippen LogP) is 2.32. The van der Waals surface area contributed by atoms with Crippen LogP contribution in [0.4, 0.5) is 0 Å². The number of amides is 2. The first-order valence-electron chi connectivity index (χ1n) is 11.2. The summed E-state index contributed by atoms with van der Waals surface area (Å²) >= 11 is 0. The zero-order valence-electron chi connectivity index (χ0n) is 18.9. The highest BCUT2D eigenvalue weighted by Crippen LogP contribution is 2.32. The molecule has 0 radical (unpaired) electrons. The molecule has 1 fully saturated rings. The van der Waals surface area contributed by atoms with Crippen LogP contribution in [0.2, 0.25) is 0 Å². The first-order chi connectivity index (χ1) is 14.8. The number of carbonyl (C=O) groups is 2. The van der Waals surface area contributed by atoms with Gasteiger partial charge in [0.2, 0.25) is 11.8 Å². The number of rotatable bonds is 6. The van der Waals surface area contributed by atoms with Crippen LogP contribution in [0, 0.1) is 23.7 Å². The second kappa shape index (κ2) is 10.1. The van der Waals surface area contributed by atoms with E-state index >= 15 is 0 Å². The maximum Gasteiger partial charge on any atom is 0.259 e. The Hall–Kier alpha value is -2.59. The largest absolute Gasteiger partial charge is 0.472 e. The van der Waals surface area contributed by atoms with E-state index in [2.05, 4.69) is 23.7 Å². The Morgan fingerprint density at radius 3 is 2.84 bits per heavy atom. The molecule has 3 atom stereocenters. The van der Waals surface area contributed by atoms with Gasteiger partial charge in [0.15, 0.2) is 0 Å². The number of hydrogen-bond acceptors (Lipinski definition) is 5. The normalized spacial score (nSPS) is 21.7. The molecule has 7 nitrogen and oxygen atoms in total. The van der Waals surface area contributed by atoms with Crippen LogP contribution in [-0.4, -0.2) is 70.6 Å². The van der Waals surface area contributed by atoms with Crippen LogP contribution in [0.25, 0.3) is 0 Å². The number of aromatic nitrogens is 1. The van der Waals surface area contributed by atoms with Gasteiger partial charge in [-0.3, -0.25) is 9.59 Å². The molecule has 1 aromatic heterocycles. The average molecular weight is 428 g/mol. The van der Waals surface area contributed by atoms with Crippen LogP contribution in [0.15, 0.2) is 12.3 Å². The lowest BCUT2D eigenvalue weighted by Gasteiger charge is -2.37. The molecule has 1 aliphatic heterocycles. The third kappa shape index (κ3) is 5.56. The Bertz CT molecular complexity index is 871. The molecular formula is C24H33N3O4. The Balaban J connectivity index is 1.93.